The van der Waals surface area contributed by atoms with Crippen LogP contribution in [0.15, 0.2) is 18.5 Å². The Kier molecular flexibility index (Phi) is 9.27. The van der Waals surface area contributed by atoms with Crippen molar-refractivity contribution < 1.29 is 23.5 Å². The second-order valence-corrected chi connectivity index (χ2v) is 8.44. The number of fused-ring (bicyclic) bond motifs is 1. The van der Waals surface area contributed by atoms with Gasteiger partial charge in [-0.05, 0) is 36.3 Å². The van der Waals surface area contributed by atoms with E-state index in [1.807, 2.05) is 0 Å². The van der Waals surface area contributed by atoms with Gasteiger partial charge in [0.25, 0.3) is 0 Å². The number of hydrogen-bond donors (Lipinski definition) is 6. The molecule has 12 heteroatoms. The second kappa shape index (κ2) is 12.6. The fourth-order valence-corrected chi connectivity index (χ4v) is 3.62. The molecule has 2 heterocycles. The number of carbonyl (C=O) groups is 3. The van der Waals surface area contributed by atoms with Gasteiger partial charge < -0.3 is 32.2 Å². The summed E-state index contributed by atoms with van der Waals surface area (Å²) in [6, 6.07) is 1.59. The second-order valence-electron chi connectivity index (χ2n) is 8.44. The summed E-state index contributed by atoms with van der Waals surface area (Å²) in [5.74, 6) is -1.71. The van der Waals surface area contributed by atoms with Crippen LogP contribution in [0.2, 0.25) is 0 Å². The van der Waals surface area contributed by atoms with Crippen LogP contribution in [0.4, 0.5) is 15.8 Å². The van der Waals surface area contributed by atoms with Gasteiger partial charge >= 0.3 is 0 Å². The largest absolute Gasteiger partial charge is 0.397 e. The Hall–Kier alpha value is -4.32. The van der Waals surface area contributed by atoms with E-state index in [0.717, 1.165) is 0 Å². The lowest BCUT2D eigenvalue weighted by molar-refractivity contribution is -0.122. The fraction of sp³-hybridized carbons (Fsp3) is 0.320. The van der Waals surface area contributed by atoms with Crippen molar-refractivity contribution >= 4 is 47.2 Å². The van der Waals surface area contributed by atoms with E-state index >= 15 is 4.39 Å². The Bertz CT molecular complexity index is 1340. The van der Waals surface area contributed by atoms with E-state index in [-0.39, 0.29) is 56.3 Å². The predicted octanol–water partition coefficient (Wildman–Crippen LogP) is -0.00571. The number of aromatic nitrogens is 1. The van der Waals surface area contributed by atoms with Crippen LogP contribution < -0.4 is 37.9 Å². The minimum Gasteiger partial charge on any atom is -0.397 e. The minimum atomic E-state index is -0.454. The van der Waals surface area contributed by atoms with Crippen LogP contribution >= 0.6 is 0 Å². The Labute approximate surface area is 212 Å². The number of carbonyl (C=O) groups excluding carboxylic acids is 3. The van der Waals surface area contributed by atoms with Crippen LogP contribution in [-0.2, 0) is 19.1 Å². The van der Waals surface area contributed by atoms with Gasteiger partial charge in [0.2, 0.25) is 17.7 Å². The van der Waals surface area contributed by atoms with Gasteiger partial charge in [0.15, 0.2) is 5.82 Å². The van der Waals surface area contributed by atoms with E-state index in [2.05, 4.69) is 20.9 Å². The first-order chi connectivity index (χ1) is 17.7. The van der Waals surface area contributed by atoms with Gasteiger partial charge in [0, 0.05) is 54.5 Å². The lowest BCUT2D eigenvalue weighted by Gasteiger charge is -2.18. The van der Waals surface area contributed by atoms with E-state index in [4.69, 9.17) is 21.6 Å². The van der Waals surface area contributed by atoms with E-state index in [9.17, 15) is 14.4 Å². The highest BCUT2D eigenvalue weighted by atomic mass is 19.1. The van der Waals surface area contributed by atoms with Gasteiger partial charge in [0.1, 0.15) is 5.84 Å². The molecule has 0 atom stereocenters. The molecule has 0 radical (unpaired) electrons. The molecule has 0 saturated carbocycles. The average molecular weight is 512 g/mol. The molecule has 0 saturated heterocycles. The molecule has 1 aromatic carbocycles. The summed E-state index contributed by atoms with van der Waals surface area (Å²) >= 11 is 0. The van der Waals surface area contributed by atoms with E-state index in [1.165, 1.54) is 18.5 Å². The number of hydrogen-bond acceptors (Lipinski definition) is 8. The SMILES string of the molecule is Cc1c(N)cncc1-c1cc(=CC(=N)NC(=O)CCCC(=O)NCCOCCC(N)=O)c2c(c1F)NC=2. The Morgan fingerprint density at radius 1 is 1.16 bits per heavy atom. The van der Waals surface area contributed by atoms with E-state index in [0.29, 0.717) is 39.4 Å². The number of halogens is 1. The number of amides is 3. The number of benzene rings is 1. The zero-order valence-corrected chi connectivity index (χ0v) is 20.4. The molecule has 0 fully saturated rings. The van der Waals surface area contributed by atoms with Crippen molar-refractivity contribution in [2.75, 3.05) is 30.8 Å². The van der Waals surface area contributed by atoms with Crippen molar-refractivity contribution in [3.8, 4) is 11.1 Å². The number of primary amides is 1. The zero-order valence-electron chi connectivity index (χ0n) is 20.4. The normalized spacial score (nSPS) is 12.0. The number of anilines is 2. The van der Waals surface area contributed by atoms with Gasteiger partial charge in [-0.1, -0.05) is 0 Å². The Balaban J connectivity index is 1.53. The van der Waals surface area contributed by atoms with Crippen LogP contribution in [-0.4, -0.2) is 48.3 Å². The number of nitrogens with zero attached hydrogens (tertiary/aromatic N) is 1. The predicted molar refractivity (Wildman–Crippen MR) is 138 cm³/mol. The Morgan fingerprint density at radius 3 is 2.62 bits per heavy atom. The van der Waals surface area contributed by atoms with Crippen LogP contribution in [0.3, 0.4) is 0 Å². The topological polar surface area (TPSA) is 185 Å². The number of pyridine rings is 1. The third-order valence-corrected chi connectivity index (χ3v) is 5.68. The molecular formula is C25H30FN7O4. The quantitative estimate of drug-likeness (QED) is 0.131. The van der Waals surface area contributed by atoms with Gasteiger partial charge in [-0.2, -0.15) is 0 Å². The maximum absolute atomic E-state index is 15.1. The summed E-state index contributed by atoms with van der Waals surface area (Å²) in [4.78, 5) is 38.8. The fourth-order valence-electron chi connectivity index (χ4n) is 3.62. The first kappa shape index (κ1) is 27.3. The monoisotopic (exact) mass is 511 g/mol. The van der Waals surface area contributed by atoms with Crippen molar-refractivity contribution in [3.05, 3.63) is 40.3 Å². The van der Waals surface area contributed by atoms with Crippen LogP contribution in [0.25, 0.3) is 23.4 Å². The first-order valence-corrected chi connectivity index (χ1v) is 11.7. The molecule has 11 nitrogen and oxygen atoms in total. The third-order valence-electron chi connectivity index (χ3n) is 5.68. The molecule has 2 aromatic rings. The highest BCUT2D eigenvalue weighted by Gasteiger charge is 2.19. The molecule has 3 rings (SSSR count). The van der Waals surface area contributed by atoms with E-state index < -0.39 is 17.6 Å². The molecule has 0 bridgehead atoms. The lowest BCUT2D eigenvalue weighted by atomic mass is 9.97. The third kappa shape index (κ3) is 7.34. The smallest absolute Gasteiger partial charge is 0.225 e. The van der Waals surface area contributed by atoms with Crippen molar-refractivity contribution in [2.45, 2.75) is 32.6 Å². The molecule has 1 aromatic heterocycles. The minimum absolute atomic E-state index is 0.0490. The number of ether oxygens (including phenoxy) is 1. The van der Waals surface area contributed by atoms with Gasteiger partial charge in [-0.15, -0.1) is 0 Å². The average Bonchev–Trinajstić information content (AvgIpc) is 2.79. The summed E-state index contributed by atoms with van der Waals surface area (Å²) in [6.07, 6.45) is 6.68. The van der Waals surface area contributed by atoms with Crippen LogP contribution in [0.5, 0.6) is 0 Å². The molecule has 8 N–H and O–H groups in total. The standard InChI is InChI=1S/C25H30FN7O4/c1-14-17(11-30-13-19(14)27)16-9-15(18-12-32-25(18)24(16)26)10-20(28)33-23(36)4-2-3-22(35)31-6-8-37-7-5-21(29)34/h9-13,32H,2-8,27H2,1H3,(H2,29,34)(H,31,35)(H2,28,33,36). The van der Waals surface area contributed by atoms with Gasteiger partial charge in [-0.25, -0.2) is 4.39 Å². The maximum atomic E-state index is 15.1. The maximum Gasteiger partial charge on any atom is 0.225 e. The molecule has 0 aliphatic carbocycles. The molecule has 1 aliphatic heterocycles. The molecule has 196 valence electrons. The van der Waals surface area contributed by atoms with Crippen LogP contribution in [0, 0.1) is 18.2 Å². The number of nitrogens with two attached hydrogens (primary N) is 2. The Morgan fingerprint density at radius 2 is 1.92 bits per heavy atom. The van der Waals surface area contributed by atoms with Crippen molar-refractivity contribution in [1.82, 2.24) is 15.6 Å². The van der Waals surface area contributed by atoms with Crippen molar-refractivity contribution in [2.24, 2.45) is 5.73 Å². The van der Waals surface area contributed by atoms with Crippen LogP contribution in [0.1, 0.15) is 31.2 Å². The zero-order chi connectivity index (χ0) is 26.9. The lowest BCUT2D eigenvalue weighted by Crippen LogP contribution is -2.39. The summed E-state index contributed by atoms with van der Waals surface area (Å²) in [6.45, 7) is 2.51. The summed E-state index contributed by atoms with van der Waals surface area (Å²) < 4.78 is 20.2. The first-order valence-electron chi connectivity index (χ1n) is 11.7. The number of rotatable bonds is 12. The van der Waals surface area contributed by atoms with E-state index in [1.54, 1.807) is 19.2 Å². The number of amidine groups is 1. The summed E-state index contributed by atoms with van der Waals surface area (Å²) in [7, 11) is 0. The van der Waals surface area contributed by atoms with Crippen molar-refractivity contribution in [1.29, 1.82) is 5.41 Å². The number of nitrogens with one attached hydrogen (secondary N) is 4. The molecule has 0 spiro atoms. The van der Waals surface area contributed by atoms with Gasteiger partial charge in [0.05, 0.1) is 30.8 Å². The molecule has 0 unspecified atom stereocenters. The molecule has 37 heavy (non-hydrogen) atoms. The molecule has 1 aliphatic rings. The van der Waals surface area contributed by atoms with Gasteiger partial charge in [-0.3, -0.25) is 24.8 Å². The molecule has 3 amide bonds. The highest BCUT2D eigenvalue weighted by molar-refractivity contribution is 6.13. The number of nitrogen functional groups attached to an aromatic ring is 1. The molecular weight excluding hydrogens is 481 g/mol. The summed E-state index contributed by atoms with van der Waals surface area (Å²) in [5.41, 5.74) is 13.2. The summed E-state index contributed by atoms with van der Waals surface area (Å²) in [5, 5.41) is 17.3. The van der Waals surface area contributed by atoms with Crippen molar-refractivity contribution in [3.63, 3.8) is 0 Å². The highest BCUT2D eigenvalue weighted by Crippen LogP contribution is 2.30.